The smallest absolute Gasteiger partial charge is 0.478 e. The maximum Gasteiger partial charge on any atom is 0.490 e. The van der Waals surface area contributed by atoms with E-state index in [-0.39, 0.29) is 24.8 Å². The average molecular weight is 363 g/mol. The van der Waals surface area contributed by atoms with Crippen LogP contribution >= 0.6 is 0 Å². The lowest BCUT2D eigenvalue weighted by molar-refractivity contribution is -0.192. The summed E-state index contributed by atoms with van der Waals surface area (Å²) in [5.41, 5.74) is 1.23. The molecule has 9 heteroatoms. The summed E-state index contributed by atoms with van der Waals surface area (Å²) in [7, 11) is 0. The van der Waals surface area contributed by atoms with E-state index in [0.717, 1.165) is 12.0 Å². The van der Waals surface area contributed by atoms with Gasteiger partial charge in [-0.3, -0.25) is 0 Å². The highest BCUT2D eigenvalue weighted by Gasteiger charge is 2.38. The Balaban J connectivity index is 0.000000697. The molecular weight excluding hydrogens is 343 g/mol. The van der Waals surface area contributed by atoms with Gasteiger partial charge in [-0.25, -0.2) is 9.59 Å². The number of aliphatic hydroxyl groups is 1. The molecule has 0 aliphatic carbocycles. The second kappa shape index (κ2) is 11.2. The molecule has 25 heavy (non-hydrogen) atoms. The monoisotopic (exact) mass is 363 g/mol. The Bertz CT molecular complexity index is 561. The number of carbonyl (C=O) groups is 2. The Morgan fingerprint density at radius 2 is 1.68 bits per heavy atom. The predicted molar refractivity (Wildman–Crippen MR) is 84.0 cm³/mol. The summed E-state index contributed by atoms with van der Waals surface area (Å²) in [4.78, 5) is 19.6. The first-order chi connectivity index (χ1) is 11.6. The molecule has 0 fully saturated rings. The Hall–Kier alpha value is -2.39. The topological polar surface area (TPSA) is 107 Å². The minimum Gasteiger partial charge on any atom is -0.478 e. The van der Waals surface area contributed by atoms with Crippen LogP contribution in [0.1, 0.15) is 24.4 Å². The lowest BCUT2D eigenvalue weighted by Crippen LogP contribution is -2.25. The molecule has 4 N–H and O–H groups in total. The molecule has 0 aromatic heterocycles. The van der Waals surface area contributed by atoms with Crippen molar-refractivity contribution in [1.82, 2.24) is 5.32 Å². The van der Waals surface area contributed by atoms with Gasteiger partial charge in [0.2, 0.25) is 0 Å². The van der Waals surface area contributed by atoms with Crippen LogP contribution in [0.25, 0.3) is 0 Å². The van der Waals surface area contributed by atoms with Crippen molar-refractivity contribution >= 4 is 11.9 Å². The van der Waals surface area contributed by atoms with Crippen molar-refractivity contribution in [3.8, 4) is 0 Å². The fourth-order valence-corrected chi connectivity index (χ4v) is 1.69. The predicted octanol–water partition coefficient (Wildman–Crippen LogP) is 2.36. The zero-order chi connectivity index (χ0) is 19.5. The molecular formula is C16H20F3NO5. The minimum atomic E-state index is -5.08. The van der Waals surface area contributed by atoms with Crippen molar-refractivity contribution in [3.05, 3.63) is 48.0 Å². The highest BCUT2D eigenvalue weighted by molar-refractivity contribution is 5.86. The summed E-state index contributed by atoms with van der Waals surface area (Å²) in [6, 6.07) is 9.82. The lowest BCUT2D eigenvalue weighted by atomic mass is 10.0. The van der Waals surface area contributed by atoms with Gasteiger partial charge < -0.3 is 20.6 Å². The fourth-order valence-electron chi connectivity index (χ4n) is 1.69. The van der Waals surface area contributed by atoms with Gasteiger partial charge >= 0.3 is 18.1 Å². The van der Waals surface area contributed by atoms with E-state index in [1.807, 2.05) is 30.3 Å². The number of nitrogens with one attached hydrogen (secondary N) is 1. The van der Waals surface area contributed by atoms with Gasteiger partial charge in [-0.2, -0.15) is 13.2 Å². The largest absolute Gasteiger partial charge is 0.490 e. The number of aliphatic carboxylic acids is 2. The number of carboxylic acid groups (broad SMARTS) is 2. The molecule has 140 valence electrons. The molecule has 0 radical (unpaired) electrons. The van der Waals surface area contributed by atoms with Crippen molar-refractivity contribution in [1.29, 1.82) is 0 Å². The minimum absolute atomic E-state index is 0.0365. The zero-order valence-corrected chi connectivity index (χ0v) is 13.3. The quantitative estimate of drug-likeness (QED) is 0.528. The van der Waals surface area contributed by atoms with Gasteiger partial charge in [0.25, 0.3) is 0 Å². The number of hydrogen-bond acceptors (Lipinski definition) is 4. The first kappa shape index (κ1) is 22.6. The number of aliphatic hydroxyl groups excluding tert-OH is 1. The molecule has 1 unspecified atom stereocenters. The number of carboxylic acids is 2. The van der Waals surface area contributed by atoms with Crippen molar-refractivity contribution < 1.29 is 38.1 Å². The molecule has 1 atom stereocenters. The Morgan fingerprint density at radius 3 is 2.08 bits per heavy atom. The second-order valence-corrected chi connectivity index (χ2v) is 4.92. The molecule has 0 aliphatic heterocycles. The van der Waals surface area contributed by atoms with Crippen LogP contribution in [-0.4, -0.2) is 46.6 Å². The van der Waals surface area contributed by atoms with Crippen LogP contribution in [0, 0.1) is 0 Å². The molecule has 1 aromatic carbocycles. The summed E-state index contributed by atoms with van der Waals surface area (Å²) in [5.74, 6) is -3.75. The Kier molecular flexibility index (Phi) is 10.1. The van der Waals surface area contributed by atoms with Gasteiger partial charge in [0.1, 0.15) is 0 Å². The molecule has 0 aliphatic rings. The third-order valence-corrected chi connectivity index (χ3v) is 2.96. The standard InChI is InChI=1S/C14H19NO3.C2HF3O2/c1-11(14(17)18)10-15-13(8-5-9-16)12-6-3-2-4-7-12;3-2(4,5)1(6)7/h2-4,6-7,13,15-16H,1,5,8-10H2,(H,17,18);(H,6,7). The third-order valence-electron chi connectivity index (χ3n) is 2.96. The highest BCUT2D eigenvalue weighted by atomic mass is 19.4. The van der Waals surface area contributed by atoms with E-state index < -0.39 is 18.1 Å². The molecule has 0 spiro atoms. The number of rotatable bonds is 8. The van der Waals surface area contributed by atoms with Crippen molar-refractivity contribution in [2.45, 2.75) is 25.1 Å². The van der Waals surface area contributed by atoms with Crippen molar-refractivity contribution in [3.63, 3.8) is 0 Å². The maximum absolute atomic E-state index is 10.7. The molecule has 6 nitrogen and oxygen atoms in total. The summed E-state index contributed by atoms with van der Waals surface area (Å²) >= 11 is 0. The van der Waals surface area contributed by atoms with E-state index in [1.165, 1.54) is 0 Å². The third kappa shape index (κ3) is 10.2. The SMILES string of the molecule is C=C(CNC(CCCO)c1ccccc1)C(=O)O.O=C(O)C(F)(F)F. The van der Waals surface area contributed by atoms with Crippen LogP contribution in [0.4, 0.5) is 13.2 Å². The maximum atomic E-state index is 10.7. The number of alkyl halides is 3. The van der Waals surface area contributed by atoms with Crippen molar-refractivity contribution in [2.75, 3.05) is 13.2 Å². The zero-order valence-electron chi connectivity index (χ0n) is 13.3. The summed E-state index contributed by atoms with van der Waals surface area (Å²) in [6.07, 6.45) is -3.65. The van der Waals surface area contributed by atoms with Gasteiger partial charge in [-0.15, -0.1) is 0 Å². The van der Waals surface area contributed by atoms with Gasteiger partial charge in [-0.05, 0) is 18.4 Å². The van der Waals surface area contributed by atoms with Crippen LogP contribution in [0.15, 0.2) is 42.5 Å². The van der Waals surface area contributed by atoms with Crippen LogP contribution in [0.5, 0.6) is 0 Å². The lowest BCUT2D eigenvalue weighted by Gasteiger charge is -2.19. The molecule has 0 heterocycles. The summed E-state index contributed by atoms with van der Waals surface area (Å²) < 4.78 is 31.7. The Morgan fingerprint density at radius 1 is 1.16 bits per heavy atom. The van der Waals surface area contributed by atoms with E-state index in [1.54, 1.807) is 0 Å². The first-order valence-electron chi connectivity index (χ1n) is 7.20. The van der Waals surface area contributed by atoms with E-state index in [4.69, 9.17) is 20.1 Å². The molecule has 1 rings (SSSR count). The number of benzene rings is 1. The van der Waals surface area contributed by atoms with Crippen LogP contribution in [0.3, 0.4) is 0 Å². The Labute approximate surface area is 142 Å². The normalized spacial score (nSPS) is 11.8. The van der Waals surface area contributed by atoms with Gasteiger partial charge in [0.05, 0.1) is 0 Å². The second-order valence-electron chi connectivity index (χ2n) is 4.92. The molecule has 1 aromatic rings. The van der Waals surface area contributed by atoms with Crippen molar-refractivity contribution in [2.24, 2.45) is 0 Å². The number of hydrogen-bond donors (Lipinski definition) is 4. The first-order valence-corrected chi connectivity index (χ1v) is 7.20. The van der Waals surface area contributed by atoms with Gasteiger partial charge in [0, 0.05) is 24.8 Å². The molecule has 0 bridgehead atoms. The average Bonchev–Trinajstić information content (AvgIpc) is 2.55. The fraction of sp³-hybridized carbons (Fsp3) is 0.375. The number of halogens is 3. The van der Waals surface area contributed by atoms with E-state index >= 15 is 0 Å². The molecule has 0 saturated heterocycles. The van der Waals surface area contributed by atoms with Crippen LogP contribution in [0.2, 0.25) is 0 Å². The van der Waals surface area contributed by atoms with E-state index in [0.29, 0.717) is 6.42 Å². The summed E-state index contributed by atoms with van der Waals surface area (Å²) in [5, 5.41) is 27.9. The molecule has 0 saturated carbocycles. The van der Waals surface area contributed by atoms with Gasteiger partial charge in [-0.1, -0.05) is 36.9 Å². The molecule has 0 amide bonds. The van der Waals surface area contributed by atoms with E-state index in [9.17, 15) is 18.0 Å². The van der Waals surface area contributed by atoms with Crippen LogP contribution < -0.4 is 5.32 Å². The summed E-state index contributed by atoms with van der Waals surface area (Å²) in [6.45, 7) is 3.85. The van der Waals surface area contributed by atoms with E-state index in [2.05, 4.69) is 11.9 Å². The van der Waals surface area contributed by atoms with Gasteiger partial charge in [0.15, 0.2) is 0 Å². The van der Waals surface area contributed by atoms with Crippen LogP contribution in [-0.2, 0) is 9.59 Å². The highest BCUT2D eigenvalue weighted by Crippen LogP contribution is 2.18.